The van der Waals surface area contributed by atoms with E-state index in [4.69, 9.17) is 0 Å². The summed E-state index contributed by atoms with van der Waals surface area (Å²) in [5.41, 5.74) is 3.96. The zero-order valence-corrected chi connectivity index (χ0v) is 17.5. The van der Waals surface area contributed by atoms with Crippen molar-refractivity contribution in [2.45, 2.75) is 25.7 Å². The average molecular weight is 413 g/mol. The Hall–Kier alpha value is -2.97. The summed E-state index contributed by atoms with van der Waals surface area (Å²) in [4.78, 5) is 12.5. The molecule has 29 heavy (non-hydrogen) atoms. The fourth-order valence-corrected chi connectivity index (χ4v) is 4.22. The number of aryl methyl sites for hydroxylation is 3. The van der Waals surface area contributed by atoms with Gasteiger partial charge in [0, 0.05) is 24.8 Å². The molecule has 3 aromatic rings. The third-order valence-corrected chi connectivity index (χ3v) is 6.04. The van der Waals surface area contributed by atoms with Crippen LogP contribution in [-0.4, -0.2) is 37.2 Å². The molecule has 0 bridgehead atoms. The van der Waals surface area contributed by atoms with E-state index in [0.717, 1.165) is 16.8 Å². The second-order valence-electron chi connectivity index (χ2n) is 6.93. The average Bonchev–Trinajstić information content (AvgIpc) is 3.13. The van der Waals surface area contributed by atoms with Gasteiger partial charge in [-0.3, -0.25) is 4.79 Å². The first-order valence-corrected chi connectivity index (χ1v) is 10.7. The zero-order chi connectivity index (χ0) is 21.0. The van der Waals surface area contributed by atoms with E-state index >= 15 is 0 Å². The van der Waals surface area contributed by atoms with Crippen LogP contribution in [-0.2, 0) is 10.0 Å². The summed E-state index contributed by atoms with van der Waals surface area (Å²) in [5, 5.41) is 6.96. The molecule has 0 radical (unpaired) electrons. The number of aromatic nitrogens is 2. The van der Waals surface area contributed by atoms with Gasteiger partial charge in [0.1, 0.15) is 0 Å². The number of hydrogen-bond acceptors (Lipinski definition) is 4. The highest BCUT2D eigenvalue weighted by atomic mass is 32.2. The molecular weight excluding hydrogens is 388 g/mol. The topological polar surface area (TPSA) is 93.1 Å². The van der Waals surface area contributed by atoms with Gasteiger partial charge in [-0.25, -0.2) is 17.8 Å². The largest absolute Gasteiger partial charge is 0.351 e. The van der Waals surface area contributed by atoms with Crippen LogP contribution in [0.5, 0.6) is 0 Å². The summed E-state index contributed by atoms with van der Waals surface area (Å²) in [7, 11) is -3.62. The fourth-order valence-electron chi connectivity index (χ4n) is 2.86. The van der Waals surface area contributed by atoms with Gasteiger partial charge in [-0.05, 0) is 67.8 Å². The minimum absolute atomic E-state index is 0.103. The highest BCUT2D eigenvalue weighted by molar-refractivity contribution is 7.89. The first-order valence-electron chi connectivity index (χ1n) is 9.23. The number of carbonyl (C=O) groups is 1. The maximum Gasteiger partial charge on any atom is 0.251 e. The van der Waals surface area contributed by atoms with Crippen LogP contribution in [0.25, 0.3) is 5.69 Å². The van der Waals surface area contributed by atoms with Crippen LogP contribution in [0.2, 0.25) is 0 Å². The summed E-state index contributed by atoms with van der Waals surface area (Å²) in [6.07, 6.45) is 3.66. The molecule has 1 aromatic heterocycles. The molecule has 0 saturated heterocycles. The Morgan fingerprint density at radius 2 is 1.72 bits per heavy atom. The highest BCUT2D eigenvalue weighted by Gasteiger charge is 2.16. The third kappa shape index (κ3) is 5.10. The van der Waals surface area contributed by atoms with Crippen molar-refractivity contribution in [1.29, 1.82) is 0 Å². The van der Waals surface area contributed by atoms with Crippen molar-refractivity contribution in [2.75, 3.05) is 13.1 Å². The van der Waals surface area contributed by atoms with Gasteiger partial charge in [0.2, 0.25) is 10.0 Å². The molecule has 3 rings (SSSR count). The van der Waals surface area contributed by atoms with Crippen molar-refractivity contribution in [3.63, 3.8) is 0 Å². The predicted molar refractivity (Wildman–Crippen MR) is 112 cm³/mol. The second kappa shape index (κ2) is 8.59. The lowest BCUT2D eigenvalue weighted by molar-refractivity contribution is 0.0954. The molecule has 8 heteroatoms. The van der Waals surface area contributed by atoms with Crippen LogP contribution in [0.4, 0.5) is 0 Å². The Bertz CT molecular complexity index is 1120. The van der Waals surface area contributed by atoms with E-state index in [0.29, 0.717) is 11.1 Å². The van der Waals surface area contributed by atoms with Crippen LogP contribution in [0.3, 0.4) is 0 Å². The van der Waals surface area contributed by atoms with Gasteiger partial charge >= 0.3 is 0 Å². The molecule has 152 valence electrons. The molecule has 1 amide bonds. The number of amides is 1. The number of carbonyl (C=O) groups excluding carboxylic acids is 1. The lowest BCUT2D eigenvalue weighted by Gasteiger charge is -2.11. The number of nitrogens with zero attached hydrogens (tertiary/aromatic N) is 2. The van der Waals surface area contributed by atoms with E-state index in [2.05, 4.69) is 15.1 Å². The second-order valence-corrected chi connectivity index (χ2v) is 8.67. The molecule has 2 aromatic carbocycles. The molecule has 0 atom stereocenters. The molecule has 0 spiro atoms. The number of nitrogens with one attached hydrogen (secondary N) is 2. The van der Waals surface area contributed by atoms with E-state index in [1.54, 1.807) is 42.1 Å². The Balaban J connectivity index is 1.54. The van der Waals surface area contributed by atoms with E-state index in [1.165, 1.54) is 0 Å². The van der Waals surface area contributed by atoms with Gasteiger partial charge in [-0.15, -0.1) is 0 Å². The van der Waals surface area contributed by atoms with Crippen LogP contribution in [0.15, 0.2) is 59.8 Å². The van der Waals surface area contributed by atoms with Gasteiger partial charge in [0.25, 0.3) is 5.91 Å². The molecule has 0 saturated carbocycles. The van der Waals surface area contributed by atoms with Crippen molar-refractivity contribution < 1.29 is 13.2 Å². The Morgan fingerprint density at radius 1 is 1.00 bits per heavy atom. The maximum atomic E-state index is 12.5. The summed E-state index contributed by atoms with van der Waals surface area (Å²) >= 11 is 0. The first-order chi connectivity index (χ1) is 13.8. The molecule has 2 N–H and O–H groups in total. The Morgan fingerprint density at radius 3 is 2.38 bits per heavy atom. The van der Waals surface area contributed by atoms with Gasteiger partial charge in [-0.1, -0.05) is 12.1 Å². The van der Waals surface area contributed by atoms with E-state index in [-0.39, 0.29) is 23.9 Å². The van der Waals surface area contributed by atoms with Crippen molar-refractivity contribution in [2.24, 2.45) is 0 Å². The fraction of sp³-hybridized carbons (Fsp3) is 0.238. The number of rotatable bonds is 7. The minimum Gasteiger partial charge on any atom is -0.351 e. The summed E-state index contributed by atoms with van der Waals surface area (Å²) in [5.74, 6) is -0.265. The molecule has 0 fully saturated rings. The maximum absolute atomic E-state index is 12.5. The highest BCUT2D eigenvalue weighted by Crippen LogP contribution is 2.16. The molecular formula is C21H24N4O3S. The molecule has 7 nitrogen and oxygen atoms in total. The van der Waals surface area contributed by atoms with Crippen molar-refractivity contribution in [1.82, 2.24) is 19.8 Å². The molecule has 0 aliphatic heterocycles. The van der Waals surface area contributed by atoms with Crippen molar-refractivity contribution in [3.05, 3.63) is 77.1 Å². The third-order valence-electron chi connectivity index (χ3n) is 4.44. The normalized spacial score (nSPS) is 11.4. The van der Waals surface area contributed by atoms with Crippen LogP contribution in [0.1, 0.15) is 27.0 Å². The monoisotopic (exact) mass is 412 g/mol. The van der Waals surface area contributed by atoms with Crippen LogP contribution < -0.4 is 10.0 Å². The quantitative estimate of drug-likeness (QED) is 0.583. The summed E-state index contributed by atoms with van der Waals surface area (Å²) in [6, 6.07) is 12.3. The summed E-state index contributed by atoms with van der Waals surface area (Å²) < 4.78 is 29.2. The van der Waals surface area contributed by atoms with Crippen molar-refractivity contribution >= 4 is 15.9 Å². The molecule has 0 unspecified atom stereocenters. The van der Waals surface area contributed by atoms with Crippen LogP contribution in [0, 0.1) is 20.8 Å². The van der Waals surface area contributed by atoms with E-state index < -0.39 is 10.0 Å². The van der Waals surface area contributed by atoms with Crippen molar-refractivity contribution in [3.8, 4) is 5.69 Å². The van der Waals surface area contributed by atoms with Gasteiger partial charge in [-0.2, -0.15) is 5.10 Å². The van der Waals surface area contributed by atoms with Gasteiger partial charge in [0.05, 0.1) is 16.8 Å². The Labute approximate surface area is 170 Å². The van der Waals surface area contributed by atoms with E-state index in [9.17, 15) is 13.2 Å². The first kappa shape index (κ1) is 20.8. The SMILES string of the molecule is Cc1ccc(C)c(S(=O)(=O)NCCNC(=O)c2ccc(-n3cc(C)cn3)cc2)c1. The van der Waals surface area contributed by atoms with E-state index in [1.807, 2.05) is 38.2 Å². The summed E-state index contributed by atoms with van der Waals surface area (Å²) in [6.45, 7) is 5.84. The Kier molecular flexibility index (Phi) is 6.14. The number of benzene rings is 2. The lowest BCUT2D eigenvalue weighted by atomic mass is 10.2. The number of sulfonamides is 1. The van der Waals surface area contributed by atoms with Crippen LogP contribution >= 0.6 is 0 Å². The van der Waals surface area contributed by atoms with Gasteiger partial charge < -0.3 is 5.32 Å². The predicted octanol–water partition coefficient (Wildman–Crippen LogP) is 2.51. The minimum atomic E-state index is -3.62. The smallest absolute Gasteiger partial charge is 0.251 e. The lowest BCUT2D eigenvalue weighted by Crippen LogP contribution is -2.35. The van der Waals surface area contributed by atoms with Gasteiger partial charge in [0.15, 0.2) is 0 Å². The molecule has 1 heterocycles. The zero-order valence-electron chi connectivity index (χ0n) is 16.6. The molecule has 0 aliphatic rings. The standard InChI is InChI=1S/C21H24N4O3S/c1-15-4-5-17(3)20(12-15)29(27,28)24-11-10-22-21(26)18-6-8-19(9-7-18)25-14-16(2)13-23-25/h4-9,12-14,24H,10-11H2,1-3H3,(H,22,26). The molecule has 0 aliphatic carbocycles. The number of hydrogen-bond donors (Lipinski definition) is 2.